The Morgan fingerprint density at radius 2 is 2.33 bits per heavy atom. The van der Waals surface area contributed by atoms with Gasteiger partial charge >= 0.3 is 0 Å². The fraction of sp³-hybridized carbons (Fsp3) is 0.692. The molecule has 1 heterocycles. The second kappa shape index (κ2) is 4.67. The van der Waals surface area contributed by atoms with Crippen LogP contribution in [0.25, 0.3) is 0 Å². The van der Waals surface area contributed by atoms with Gasteiger partial charge in [0.1, 0.15) is 0 Å². The molecule has 0 amide bonds. The zero-order chi connectivity index (χ0) is 10.7. The Balaban J connectivity index is 1.82. The van der Waals surface area contributed by atoms with E-state index in [4.69, 9.17) is 0 Å². The van der Waals surface area contributed by atoms with Crippen LogP contribution in [0.2, 0.25) is 0 Å². The van der Waals surface area contributed by atoms with Crippen molar-refractivity contribution in [1.29, 1.82) is 0 Å². The van der Waals surface area contributed by atoms with Crippen molar-refractivity contribution in [2.75, 3.05) is 6.54 Å². The van der Waals surface area contributed by atoms with Gasteiger partial charge in [0.05, 0.1) is 0 Å². The average molecular weight is 223 g/mol. The highest BCUT2D eigenvalue weighted by Crippen LogP contribution is 2.43. The van der Waals surface area contributed by atoms with Crippen molar-refractivity contribution in [3.8, 4) is 0 Å². The van der Waals surface area contributed by atoms with E-state index in [1.54, 1.807) is 11.3 Å². The van der Waals surface area contributed by atoms with E-state index in [1.165, 1.54) is 37.8 Å². The van der Waals surface area contributed by atoms with Crippen LogP contribution in [-0.4, -0.2) is 6.54 Å². The first-order chi connectivity index (χ1) is 7.26. The topological polar surface area (TPSA) is 12.0 Å². The lowest BCUT2D eigenvalue weighted by molar-refractivity contribution is 0.120. The molecule has 1 fully saturated rings. The smallest absolute Gasteiger partial charge is 0.0300 e. The first-order valence-corrected chi connectivity index (χ1v) is 6.95. The molecule has 1 nitrogen and oxygen atoms in total. The van der Waals surface area contributed by atoms with Crippen molar-refractivity contribution < 1.29 is 0 Å². The van der Waals surface area contributed by atoms with Gasteiger partial charge in [0.25, 0.3) is 0 Å². The van der Waals surface area contributed by atoms with E-state index in [0.29, 0.717) is 11.5 Å². The van der Waals surface area contributed by atoms with Crippen LogP contribution in [0.4, 0.5) is 0 Å². The maximum absolute atomic E-state index is 3.69. The van der Waals surface area contributed by atoms with Crippen molar-refractivity contribution in [1.82, 2.24) is 5.32 Å². The highest BCUT2D eigenvalue weighted by molar-refractivity contribution is 7.07. The summed E-state index contributed by atoms with van der Waals surface area (Å²) in [5.41, 5.74) is 2.06. The van der Waals surface area contributed by atoms with Gasteiger partial charge in [0.2, 0.25) is 0 Å². The zero-order valence-corrected chi connectivity index (χ0v) is 10.6. The molecule has 2 heteroatoms. The lowest BCUT2D eigenvalue weighted by Gasteiger charge is -2.42. The van der Waals surface area contributed by atoms with Gasteiger partial charge in [-0.1, -0.05) is 13.3 Å². The third-order valence-electron chi connectivity index (χ3n) is 3.99. The van der Waals surface area contributed by atoms with Gasteiger partial charge in [-0.3, -0.25) is 0 Å². The summed E-state index contributed by atoms with van der Waals surface area (Å²) in [6.45, 7) is 5.79. The molecule has 1 aromatic rings. The predicted octanol–water partition coefficient (Wildman–Crippen LogP) is 3.98. The molecule has 1 aliphatic rings. The first kappa shape index (κ1) is 11.2. The molecule has 0 spiro atoms. The molecule has 0 radical (unpaired) electrons. The monoisotopic (exact) mass is 223 g/mol. The summed E-state index contributed by atoms with van der Waals surface area (Å²) in [6, 6.07) is 2.74. The molecule has 0 bridgehead atoms. The Labute approximate surface area is 96.9 Å². The van der Waals surface area contributed by atoms with Crippen LogP contribution in [0, 0.1) is 5.41 Å². The summed E-state index contributed by atoms with van der Waals surface area (Å²) in [7, 11) is 0. The minimum absolute atomic E-state index is 0.514. The SMILES string of the molecule is CCC1(CNC(C)c2ccsc2)CCC1. The van der Waals surface area contributed by atoms with Crippen molar-refractivity contribution in [3.63, 3.8) is 0 Å². The molecule has 15 heavy (non-hydrogen) atoms. The lowest BCUT2D eigenvalue weighted by Crippen LogP contribution is -2.40. The number of hydrogen-bond donors (Lipinski definition) is 1. The standard InChI is InChI=1S/C13H21NS/c1-3-13(6-4-7-13)10-14-11(2)12-5-8-15-9-12/h5,8-9,11,14H,3-4,6-7,10H2,1-2H3. The molecule has 0 aliphatic heterocycles. The maximum Gasteiger partial charge on any atom is 0.0300 e. The largest absolute Gasteiger partial charge is 0.310 e. The van der Waals surface area contributed by atoms with Crippen LogP contribution < -0.4 is 5.32 Å². The van der Waals surface area contributed by atoms with Crippen molar-refractivity contribution in [2.24, 2.45) is 5.41 Å². The second-order valence-corrected chi connectivity index (χ2v) is 5.65. The van der Waals surface area contributed by atoms with Gasteiger partial charge in [-0.2, -0.15) is 11.3 Å². The van der Waals surface area contributed by atoms with Gasteiger partial charge in [0.15, 0.2) is 0 Å². The van der Waals surface area contributed by atoms with Crippen LogP contribution in [0.3, 0.4) is 0 Å². The van der Waals surface area contributed by atoms with Crippen LogP contribution in [0.15, 0.2) is 16.8 Å². The second-order valence-electron chi connectivity index (χ2n) is 4.87. The summed E-state index contributed by atoms with van der Waals surface area (Å²) in [4.78, 5) is 0. The fourth-order valence-electron chi connectivity index (χ4n) is 2.34. The number of nitrogens with one attached hydrogen (secondary N) is 1. The normalized spacial score (nSPS) is 20.9. The van der Waals surface area contributed by atoms with Gasteiger partial charge in [-0.25, -0.2) is 0 Å². The lowest BCUT2D eigenvalue weighted by atomic mass is 9.67. The predicted molar refractivity (Wildman–Crippen MR) is 67.3 cm³/mol. The molecule has 1 N–H and O–H groups in total. The number of rotatable bonds is 5. The summed E-state index contributed by atoms with van der Waals surface area (Å²) in [5, 5.41) is 8.09. The van der Waals surface area contributed by atoms with E-state index in [2.05, 4.69) is 36.0 Å². The van der Waals surface area contributed by atoms with E-state index >= 15 is 0 Å². The Bertz CT molecular complexity index is 282. The zero-order valence-electron chi connectivity index (χ0n) is 9.75. The van der Waals surface area contributed by atoms with Crippen molar-refractivity contribution in [2.45, 2.75) is 45.6 Å². The minimum Gasteiger partial charge on any atom is -0.310 e. The van der Waals surface area contributed by atoms with E-state index in [9.17, 15) is 0 Å². The molecule has 1 aliphatic carbocycles. The number of thiophene rings is 1. The molecule has 1 unspecified atom stereocenters. The quantitative estimate of drug-likeness (QED) is 0.796. The maximum atomic E-state index is 3.69. The molecule has 0 saturated heterocycles. The molecule has 0 aromatic carbocycles. The molecule has 84 valence electrons. The Morgan fingerprint density at radius 3 is 2.80 bits per heavy atom. The first-order valence-electron chi connectivity index (χ1n) is 6.01. The fourth-order valence-corrected chi connectivity index (χ4v) is 3.10. The molecular weight excluding hydrogens is 202 g/mol. The van der Waals surface area contributed by atoms with Gasteiger partial charge in [-0.15, -0.1) is 0 Å². The van der Waals surface area contributed by atoms with Crippen LogP contribution in [0.5, 0.6) is 0 Å². The number of hydrogen-bond acceptors (Lipinski definition) is 2. The Hall–Kier alpha value is -0.340. The molecule has 1 aromatic heterocycles. The summed E-state index contributed by atoms with van der Waals surface area (Å²) in [5.74, 6) is 0. The summed E-state index contributed by atoms with van der Waals surface area (Å²) < 4.78 is 0. The Morgan fingerprint density at radius 1 is 1.53 bits per heavy atom. The Kier molecular flexibility index (Phi) is 3.47. The minimum atomic E-state index is 0.514. The van der Waals surface area contributed by atoms with E-state index < -0.39 is 0 Å². The molecule has 1 saturated carbocycles. The average Bonchev–Trinajstić information content (AvgIpc) is 2.69. The molecular formula is C13H21NS. The van der Waals surface area contributed by atoms with E-state index in [1.807, 2.05) is 0 Å². The van der Waals surface area contributed by atoms with Crippen LogP contribution in [-0.2, 0) is 0 Å². The molecule has 2 rings (SSSR count). The van der Waals surface area contributed by atoms with Crippen LogP contribution >= 0.6 is 11.3 Å². The third-order valence-corrected chi connectivity index (χ3v) is 4.69. The highest BCUT2D eigenvalue weighted by atomic mass is 32.1. The highest BCUT2D eigenvalue weighted by Gasteiger charge is 2.34. The van der Waals surface area contributed by atoms with Crippen molar-refractivity contribution >= 4 is 11.3 Å². The van der Waals surface area contributed by atoms with Gasteiger partial charge < -0.3 is 5.32 Å². The van der Waals surface area contributed by atoms with E-state index in [-0.39, 0.29) is 0 Å². The summed E-state index contributed by atoms with van der Waals surface area (Å²) in [6.07, 6.45) is 5.61. The summed E-state index contributed by atoms with van der Waals surface area (Å²) >= 11 is 1.79. The van der Waals surface area contributed by atoms with Crippen LogP contribution in [0.1, 0.15) is 51.1 Å². The van der Waals surface area contributed by atoms with E-state index in [0.717, 1.165) is 0 Å². The van der Waals surface area contributed by atoms with Gasteiger partial charge in [0, 0.05) is 12.6 Å². The van der Waals surface area contributed by atoms with Crippen molar-refractivity contribution in [3.05, 3.63) is 22.4 Å². The van der Waals surface area contributed by atoms with Gasteiger partial charge in [-0.05, 0) is 54.0 Å². The third kappa shape index (κ3) is 2.43. The molecule has 1 atom stereocenters.